The molecule has 6 nitrogen and oxygen atoms in total. The van der Waals surface area contributed by atoms with Gasteiger partial charge in [-0.1, -0.05) is 6.07 Å². The highest BCUT2D eigenvalue weighted by atomic mass is 19.4. The average molecular weight is 378 g/mol. The molecule has 2 heterocycles. The second kappa shape index (κ2) is 7.65. The number of hydrogen-bond acceptors (Lipinski definition) is 4. The molecule has 0 spiro atoms. The van der Waals surface area contributed by atoms with Crippen molar-refractivity contribution in [2.75, 3.05) is 36.4 Å². The minimum atomic E-state index is -4.48. The molecule has 27 heavy (non-hydrogen) atoms. The van der Waals surface area contributed by atoms with Crippen molar-refractivity contribution >= 4 is 23.7 Å². The third-order valence-corrected chi connectivity index (χ3v) is 4.26. The molecule has 0 unspecified atom stereocenters. The van der Waals surface area contributed by atoms with Crippen molar-refractivity contribution in [2.45, 2.75) is 6.18 Å². The summed E-state index contributed by atoms with van der Waals surface area (Å²) in [5.74, 6) is -0.591. The van der Waals surface area contributed by atoms with E-state index in [4.69, 9.17) is 0 Å². The van der Waals surface area contributed by atoms with Crippen molar-refractivity contribution in [3.63, 3.8) is 0 Å². The molecule has 0 bridgehead atoms. The number of benzene rings is 1. The van der Waals surface area contributed by atoms with Gasteiger partial charge in [0.15, 0.2) is 0 Å². The summed E-state index contributed by atoms with van der Waals surface area (Å²) in [6.07, 6.45) is -2.12. The lowest BCUT2D eigenvalue weighted by atomic mass is 10.2. The van der Waals surface area contributed by atoms with Gasteiger partial charge in [-0.3, -0.25) is 9.59 Å². The van der Waals surface area contributed by atoms with Gasteiger partial charge in [-0.05, 0) is 30.3 Å². The van der Waals surface area contributed by atoms with E-state index in [1.165, 1.54) is 24.4 Å². The molecule has 1 aromatic heterocycles. The van der Waals surface area contributed by atoms with Crippen LogP contribution in [0.3, 0.4) is 0 Å². The number of nitrogens with one attached hydrogen (secondary N) is 1. The van der Waals surface area contributed by atoms with Crippen molar-refractivity contribution in [3.05, 3.63) is 53.9 Å². The number of rotatable bonds is 4. The van der Waals surface area contributed by atoms with Crippen LogP contribution in [0.1, 0.15) is 16.1 Å². The van der Waals surface area contributed by atoms with E-state index in [0.717, 1.165) is 24.2 Å². The number of carbonyl (C=O) groups is 2. The summed E-state index contributed by atoms with van der Waals surface area (Å²) in [6, 6.07) is 7.67. The quantitative estimate of drug-likeness (QED) is 0.831. The molecule has 2 aromatic rings. The lowest BCUT2D eigenvalue weighted by Gasteiger charge is -2.33. The Hall–Kier alpha value is -3.10. The fraction of sp³-hybridized carbons (Fsp3) is 0.278. The number of amides is 2. The van der Waals surface area contributed by atoms with Crippen LogP contribution in [-0.2, 0) is 11.0 Å². The van der Waals surface area contributed by atoms with Crippen LogP contribution in [0.4, 0.5) is 24.5 Å². The molecule has 1 aliphatic rings. The highest BCUT2D eigenvalue weighted by Crippen LogP contribution is 2.30. The number of halogens is 3. The van der Waals surface area contributed by atoms with Crippen LogP contribution in [-0.4, -0.2) is 48.4 Å². The normalized spacial score (nSPS) is 14.8. The summed E-state index contributed by atoms with van der Waals surface area (Å²) >= 11 is 0. The van der Waals surface area contributed by atoms with Gasteiger partial charge in [0.25, 0.3) is 5.91 Å². The SMILES string of the molecule is O=CN1CCN(c2ccc(C(=O)Nc3cccc(C(F)(F)F)c3)nc2)CC1. The molecule has 3 rings (SSSR count). The van der Waals surface area contributed by atoms with Crippen LogP contribution in [0.15, 0.2) is 42.6 Å². The predicted octanol–water partition coefficient (Wildman–Crippen LogP) is 2.63. The zero-order valence-electron chi connectivity index (χ0n) is 14.2. The van der Waals surface area contributed by atoms with Crippen LogP contribution in [0, 0.1) is 0 Å². The van der Waals surface area contributed by atoms with E-state index < -0.39 is 17.6 Å². The van der Waals surface area contributed by atoms with Crippen LogP contribution in [0.2, 0.25) is 0 Å². The minimum absolute atomic E-state index is 0.0469. The molecule has 9 heteroatoms. The van der Waals surface area contributed by atoms with Gasteiger partial charge in [0.2, 0.25) is 6.41 Å². The average Bonchev–Trinajstić information content (AvgIpc) is 2.68. The Labute approximate surface area is 153 Å². The minimum Gasteiger partial charge on any atom is -0.367 e. The first-order valence-electron chi connectivity index (χ1n) is 8.26. The first kappa shape index (κ1) is 18.7. The van der Waals surface area contributed by atoms with Crippen LogP contribution < -0.4 is 10.2 Å². The molecule has 1 N–H and O–H groups in total. The summed E-state index contributed by atoms with van der Waals surface area (Å²) in [6.45, 7) is 2.55. The van der Waals surface area contributed by atoms with Crippen molar-refractivity contribution < 1.29 is 22.8 Å². The van der Waals surface area contributed by atoms with Gasteiger partial charge in [0.1, 0.15) is 5.69 Å². The third-order valence-electron chi connectivity index (χ3n) is 4.26. The highest BCUT2D eigenvalue weighted by Gasteiger charge is 2.30. The number of nitrogens with zero attached hydrogens (tertiary/aromatic N) is 3. The highest BCUT2D eigenvalue weighted by molar-refractivity contribution is 6.03. The Morgan fingerprint density at radius 3 is 2.44 bits per heavy atom. The molecule has 142 valence electrons. The first-order valence-corrected chi connectivity index (χ1v) is 8.26. The summed E-state index contributed by atoms with van der Waals surface area (Å²) in [5.41, 5.74) is 0.127. The summed E-state index contributed by atoms with van der Waals surface area (Å²) in [7, 11) is 0. The maximum absolute atomic E-state index is 12.7. The van der Waals surface area contributed by atoms with E-state index in [1.807, 2.05) is 4.90 Å². The number of piperazine rings is 1. The molecule has 1 aliphatic heterocycles. The molecule has 1 saturated heterocycles. The van der Waals surface area contributed by atoms with Crippen molar-refractivity contribution in [2.24, 2.45) is 0 Å². The molecule has 0 radical (unpaired) electrons. The Kier molecular flexibility index (Phi) is 5.29. The van der Waals surface area contributed by atoms with Crippen LogP contribution in [0.5, 0.6) is 0 Å². The Morgan fingerprint density at radius 2 is 1.85 bits per heavy atom. The molecular weight excluding hydrogens is 361 g/mol. The van der Waals surface area contributed by atoms with Gasteiger partial charge in [-0.15, -0.1) is 0 Å². The summed E-state index contributed by atoms with van der Waals surface area (Å²) in [4.78, 5) is 30.8. The van der Waals surface area contributed by atoms with Crippen molar-refractivity contribution in [1.82, 2.24) is 9.88 Å². The van der Waals surface area contributed by atoms with Crippen LogP contribution in [0.25, 0.3) is 0 Å². The molecule has 0 aliphatic carbocycles. The maximum atomic E-state index is 12.7. The Balaban J connectivity index is 1.65. The maximum Gasteiger partial charge on any atom is 0.416 e. The van der Waals surface area contributed by atoms with E-state index in [-0.39, 0.29) is 11.4 Å². The van der Waals surface area contributed by atoms with Gasteiger partial charge >= 0.3 is 6.18 Å². The van der Waals surface area contributed by atoms with E-state index in [1.54, 1.807) is 11.0 Å². The molecule has 1 fully saturated rings. The number of anilines is 2. The lowest BCUT2D eigenvalue weighted by molar-refractivity contribution is -0.137. The Morgan fingerprint density at radius 1 is 1.11 bits per heavy atom. The van der Waals surface area contributed by atoms with E-state index in [2.05, 4.69) is 10.3 Å². The monoisotopic (exact) mass is 378 g/mol. The smallest absolute Gasteiger partial charge is 0.367 e. The van der Waals surface area contributed by atoms with Gasteiger partial charge in [0.05, 0.1) is 17.4 Å². The number of aromatic nitrogens is 1. The zero-order valence-corrected chi connectivity index (χ0v) is 14.2. The molecule has 2 amide bonds. The van der Waals surface area contributed by atoms with Gasteiger partial charge in [0, 0.05) is 31.9 Å². The fourth-order valence-electron chi connectivity index (χ4n) is 2.76. The van der Waals surface area contributed by atoms with E-state index in [9.17, 15) is 22.8 Å². The number of alkyl halides is 3. The van der Waals surface area contributed by atoms with Crippen molar-refractivity contribution in [1.29, 1.82) is 0 Å². The van der Waals surface area contributed by atoms with Gasteiger partial charge in [-0.25, -0.2) is 4.98 Å². The Bertz CT molecular complexity index is 816. The summed E-state index contributed by atoms with van der Waals surface area (Å²) in [5, 5.41) is 2.42. The number of pyridine rings is 1. The second-order valence-electron chi connectivity index (χ2n) is 6.06. The number of hydrogen-bond donors (Lipinski definition) is 1. The zero-order chi connectivity index (χ0) is 19.4. The fourth-order valence-corrected chi connectivity index (χ4v) is 2.76. The topological polar surface area (TPSA) is 65.5 Å². The molecule has 0 saturated carbocycles. The van der Waals surface area contributed by atoms with Gasteiger partial charge < -0.3 is 15.1 Å². The first-order chi connectivity index (χ1) is 12.9. The molecule has 1 aromatic carbocycles. The largest absolute Gasteiger partial charge is 0.416 e. The molecule has 0 atom stereocenters. The molecular formula is C18H17F3N4O2. The van der Waals surface area contributed by atoms with E-state index in [0.29, 0.717) is 26.2 Å². The second-order valence-corrected chi connectivity index (χ2v) is 6.06. The van der Waals surface area contributed by atoms with Crippen molar-refractivity contribution in [3.8, 4) is 0 Å². The summed E-state index contributed by atoms with van der Waals surface area (Å²) < 4.78 is 38.2. The predicted molar refractivity (Wildman–Crippen MR) is 93.5 cm³/mol. The standard InChI is InChI=1S/C18H17F3N4O2/c19-18(20,21)13-2-1-3-14(10-13)23-17(27)16-5-4-15(11-22-16)25-8-6-24(12-26)7-9-25/h1-5,10-12H,6-9H2,(H,23,27). The van der Waals surface area contributed by atoms with Crippen LogP contribution >= 0.6 is 0 Å². The number of carbonyl (C=O) groups excluding carboxylic acids is 2. The van der Waals surface area contributed by atoms with Gasteiger partial charge in [-0.2, -0.15) is 13.2 Å². The third kappa shape index (κ3) is 4.55. The van der Waals surface area contributed by atoms with E-state index >= 15 is 0 Å². The lowest BCUT2D eigenvalue weighted by Crippen LogP contribution is -2.45.